The summed E-state index contributed by atoms with van der Waals surface area (Å²) < 4.78 is 4.94. The number of rotatable bonds is 4. The highest BCUT2D eigenvalue weighted by Crippen LogP contribution is 2.26. The topological polar surface area (TPSA) is 91.7 Å². The molecule has 0 aliphatic carbocycles. The van der Waals surface area contributed by atoms with Crippen molar-refractivity contribution in [3.05, 3.63) is 54.0 Å². The lowest BCUT2D eigenvalue weighted by atomic mass is 10.1. The first-order chi connectivity index (χ1) is 12.1. The highest BCUT2D eigenvalue weighted by atomic mass is 16.3. The summed E-state index contributed by atoms with van der Waals surface area (Å²) in [4.78, 5) is 37.8. The molecule has 25 heavy (non-hydrogen) atoms. The molecule has 3 rings (SSSR count). The third-order valence-corrected chi connectivity index (χ3v) is 4.17. The van der Waals surface area contributed by atoms with Gasteiger partial charge in [-0.1, -0.05) is 19.1 Å². The van der Waals surface area contributed by atoms with Crippen LogP contribution in [-0.2, 0) is 16.0 Å². The van der Waals surface area contributed by atoms with E-state index >= 15 is 0 Å². The van der Waals surface area contributed by atoms with Gasteiger partial charge in [-0.3, -0.25) is 25.2 Å². The Morgan fingerprint density at radius 2 is 2.08 bits per heavy atom. The summed E-state index contributed by atoms with van der Waals surface area (Å²) in [7, 11) is 0. The molecule has 1 aromatic heterocycles. The van der Waals surface area contributed by atoms with Crippen LogP contribution in [0.15, 0.2) is 47.1 Å². The Hall–Kier alpha value is -3.09. The van der Waals surface area contributed by atoms with Crippen molar-refractivity contribution in [3.63, 3.8) is 0 Å². The first-order valence-corrected chi connectivity index (χ1v) is 8.11. The summed E-state index contributed by atoms with van der Waals surface area (Å²) in [5.74, 6) is -1.47. The lowest BCUT2D eigenvalue weighted by Gasteiger charge is -2.17. The Kier molecular flexibility index (Phi) is 4.83. The molecule has 0 bridgehead atoms. The number of nitrogens with one attached hydrogen (secondary N) is 2. The van der Waals surface area contributed by atoms with Gasteiger partial charge in [0.05, 0.1) is 12.2 Å². The van der Waals surface area contributed by atoms with Gasteiger partial charge in [-0.05, 0) is 36.2 Å². The lowest BCUT2D eigenvalue weighted by molar-refractivity contribution is -0.126. The normalized spacial score (nSPS) is 16.8. The number of hydrogen-bond donors (Lipinski definition) is 2. The molecule has 3 amide bonds. The van der Waals surface area contributed by atoms with Crippen molar-refractivity contribution < 1.29 is 18.8 Å². The minimum absolute atomic E-state index is 0.0980. The molecule has 1 aliphatic heterocycles. The largest absolute Gasteiger partial charge is 0.459 e. The van der Waals surface area contributed by atoms with E-state index in [1.54, 1.807) is 11.0 Å². The van der Waals surface area contributed by atoms with Crippen LogP contribution < -0.4 is 15.8 Å². The van der Waals surface area contributed by atoms with Gasteiger partial charge in [-0.25, -0.2) is 0 Å². The highest BCUT2D eigenvalue weighted by molar-refractivity contribution is 6.01. The first-order valence-electron chi connectivity index (χ1n) is 8.11. The van der Waals surface area contributed by atoms with E-state index in [-0.39, 0.29) is 24.6 Å². The highest BCUT2D eigenvalue weighted by Gasteiger charge is 2.35. The second-order valence-electron chi connectivity index (χ2n) is 5.85. The number of hydrogen-bond acceptors (Lipinski definition) is 4. The summed E-state index contributed by atoms with van der Waals surface area (Å²) in [6.45, 7) is 2.33. The number of hydrazine groups is 1. The molecule has 1 fully saturated rings. The zero-order valence-electron chi connectivity index (χ0n) is 13.8. The van der Waals surface area contributed by atoms with Crippen LogP contribution in [0.4, 0.5) is 5.69 Å². The Balaban J connectivity index is 1.59. The smallest absolute Gasteiger partial charge is 0.305 e. The molecule has 1 saturated heterocycles. The van der Waals surface area contributed by atoms with Crippen LogP contribution in [0.5, 0.6) is 0 Å². The van der Waals surface area contributed by atoms with E-state index in [4.69, 9.17) is 4.42 Å². The Morgan fingerprint density at radius 1 is 1.24 bits per heavy atom. The maximum absolute atomic E-state index is 12.3. The molecule has 1 aromatic carbocycles. The average Bonchev–Trinajstić information content (AvgIpc) is 3.29. The van der Waals surface area contributed by atoms with Crippen LogP contribution in [-0.4, -0.2) is 24.3 Å². The number of nitrogens with zero attached hydrogens (tertiary/aromatic N) is 1. The fourth-order valence-electron chi connectivity index (χ4n) is 2.77. The van der Waals surface area contributed by atoms with Gasteiger partial charge < -0.3 is 9.32 Å². The molecule has 0 saturated carbocycles. The van der Waals surface area contributed by atoms with Gasteiger partial charge in [0.25, 0.3) is 0 Å². The number of carbonyl (C=O) groups excluding carboxylic acids is 3. The molecule has 1 unspecified atom stereocenters. The SMILES string of the molecule is CCc1cccc(N2CC(C(=O)NNC(=O)c3ccco3)CC2=O)c1. The summed E-state index contributed by atoms with van der Waals surface area (Å²) >= 11 is 0. The monoisotopic (exact) mass is 341 g/mol. The molecule has 1 atom stereocenters. The molecule has 0 spiro atoms. The Labute approximate surface area is 145 Å². The maximum Gasteiger partial charge on any atom is 0.305 e. The zero-order chi connectivity index (χ0) is 17.8. The molecule has 2 aromatic rings. The fourth-order valence-corrected chi connectivity index (χ4v) is 2.77. The molecule has 7 nitrogen and oxygen atoms in total. The molecule has 130 valence electrons. The Bertz CT molecular complexity index is 785. The van der Waals surface area contributed by atoms with Crippen LogP contribution in [0.2, 0.25) is 0 Å². The fraction of sp³-hybridized carbons (Fsp3) is 0.278. The molecule has 1 aliphatic rings. The quantitative estimate of drug-likeness (QED) is 0.827. The standard InChI is InChI=1S/C18H19N3O4/c1-2-12-5-3-6-14(9-12)21-11-13(10-16(21)22)17(23)19-20-18(24)15-7-4-8-25-15/h3-9,13H,2,10-11H2,1H3,(H,19,23)(H,20,24). The second kappa shape index (κ2) is 7.21. The maximum atomic E-state index is 12.3. The lowest BCUT2D eigenvalue weighted by Crippen LogP contribution is -2.45. The zero-order valence-corrected chi connectivity index (χ0v) is 13.8. The summed E-state index contributed by atoms with van der Waals surface area (Å²) in [6.07, 6.45) is 2.35. The van der Waals surface area contributed by atoms with Crippen molar-refractivity contribution in [2.75, 3.05) is 11.4 Å². The molecule has 2 heterocycles. The van der Waals surface area contributed by atoms with Crippen molar-refractivity contribution in [1.29, 1.82) is 0 Å². The predicted molar refractivity (Wildman–Crippen MR) is 90.6 cm³/mol. The van der Waals surface area contributed by atoms with E-state index in [1.807, 2.05) is 31.2 Å². The van der Waals surface area contributed by atoms with Gasteiger partial charge in [0.15, 0.2) is 5.76 Å². The van der Waals surface area contributed by atoms with E-state index in [0.717, 1.165) is 17.7 Å². The van der Waals surface area contributed by atoms with E-state index < -0.39 is 17.7 Å². The molecular formula is C18H19N3O4. The summed E-state index contributed by atoms with van der Waals surface area (Å²) in [6, 6.07) is 10.8. The number of carbonyl (C=O) groups is 3. The second-order valence-corrected chi connectivity index (χ2v) is 5.85. The van der Waals surface area contributed by atoms with Gasteiger partial charge in [0, 0.05) is 18.7 Å². The summed E-state index contributed by atoms with van der Waals surface area (Å²) in [5.41, 5.74) is 6.56. The van der Waals surface area contributed by atoms with E-state index in [9.17, 15) is 14.4 Å². The van der Waals surface area contributed by atoms with Crippen LogP contribution >= 0.6 is 0 Å². The van der Waals surface area contributed by atoms with E-state index in [1.165, 1.54) is 12.3 Å². The van der Waals surface area contributed by atoms with Crippen LogP contribution in [0.3, 0.4) is 0 Å². The van der Waals surface area contributed by atoms with Gasteiger partial charge >= 0.3 is 5.91 Å². The number of anilines is 1. The van der Waals surface area contributed by atoms with Crippen molar-refractivity contribution in [1.82, 2.24) is 10.9 Å². The van der Waals surface area contributed by atoms with Crippen molar-refractivity contribution in [3.8, 4) is 0 Å². The van der Waals surface area contributed by atoms with Crippen LogP contribution in [0, 0.1) is 5.92 Å². The Morgan fingerprint density at radius 3 is 2.80 bits per heavy atom. The van der Waals surface area contributed by atoms with Crippen molar-refractivity contribution in [2.45, 2.75) is 19.8 Å². The molecular weight excluding hydrogens is 322 g/mol. The van der Waals surface area contributed by atoms with Crippen molar-refractivity contribution in [2.24, 2.45) is 5.92 Å². The summed E-state index contributed by atoms with van der Waals surface area (Å²) in [5, 5.41) is 0. The average molecular weight is 341 g/mol. The minimum atomic E-state index is -0.546. The van der Waals surface area contributed by atoms with Gasteiger partial charge in [-0.2, -0.15) is 0 Å². The first kappa shape index (κ1) is 16.8. The van der Waals surface area contributed by atoms with Gasteiger partial charge in [0.1, 0.15) is 0 Å². The number of furan rings is 1. The number of benzene rings is 1. The van der Waals surface area contributed by atoms with Crippen LogP contribution in [0.1, 0.15) is 29.5 Å². The predicted octanol–water partition coefficient (Wildman–Crippen LogP) is 1.66. The van der Waals surface area contributed by atoms with Crippen molar-refractivity contribution >= 4 is 23.4 Å². The van der Waals surface area contributed by atoms with E-state index in [0.29, 0.717) is 0 Å². The third kappa shape index (κ3) is 3.71. The molecule has 7 heteroatoms. The third-order valence-electron chi connectivity index (χ3n) is 4.17. The van der Waals surface area contributed by atoms with E-state index in [2.05, 4.69) is 10.9 Å². The minimum Gasteiger partial charge on any atom is -0.459 e. The molecule has 0 radical (unpaired) electrons. The molecule has 2 N–H and O–H groups in total. The van der Waals surface area contributed by atoms with Gasteiger partial charge in [0.2, 0.25) is 11.8 Å². The van der Waals surface area contributed by atoms with Crippen LogP contribution in [0.25, 0.3) is 0 Å². The van der Waals surface area contributed by atoms with Gasteiger partial charge in [-0.15, -0.1) is 0 Å². The number of aryl methyl sites for hydroxylation is 1. The number of amides is 3.